The van der Waals surface area contributed by atoms with Crippen molar-refractivity contribution < 1.29 is 9.59 Å². The minimum absolute atomic E-state index is 0.0603. The molecule has 180 valence electrons. The van der Waals surface area contributed by atoms with Gasteiger partial charge in [-0.05, 0) is 43.2 Å². The van der Waals surface area contributed by atoms with Crippen molar-refractivity contribution in [2.45, 2.75) is 26.8 Å². The highest BCUT2D eigenvalue weighted by Crippen LogP contribution is 2.45. The number of fused-ring (bicyclic) bond motifs is 2. The first kappa shape index (κ1) is 22.6. The lowest BCUT2D eigenvalue weighted by Crippen LogP contribution is -2.33. The lowest BCUT2D eigenvalue weighted by atomic mass is 10.0. The van der Waals surface area contributed by atoms with Crippen LogP contribution < -0.4 is 5.32 Å². The maximum absolute atomic E-state index is 13.5. The van der Waals surface area contributed by atoms with Gasteiger partial charge in [0.05, 0.1) is 39.9 Å². The molecule has 0 bridgehead atoms. The Hall–Kier alpha value is -3.82. The number of para-hydroxylation sites is 2. The number of nitrogens with one attached hydrogen (secondary N) is 1. The Bertz CT molecular complexity index is 1580. The number of hydrogen-bond donors (Lipinski definition) is 1. The van der Waals surface area contributed by atoms with Gasteiger partial charge in [0.1, 0.15) is 10.0 Å². The summed E-state index contributed by atoms with van der Waals surface area (Å²) in [4.78, 5) is 33.4. The minimum atomic E-state index is -0.209. The van der Waals surface area contributed by atoms with E-state index in [1.54, 1.807) is 29.1 Å². The molecular formula is C27H23N5O2S2. The van der Waals surface area contributed by atoms with Crippen LogP contribution in [0.25, 0.3) is 26.5 Å². The third kappa shape index (κ3) is 3.90. The quantitative estimate of drug-likeness (QED) is 0.336. The van der Waals surface area contributed by atoms with E-state index >= 15 is 0 Å². The van der Waals surface area contributed by atoms with Gasteiger partial charge >= 0.3 is 0 Å². The molecule has 1 aliphatic heterocycles. The van der Waals surface area contributed by atoms with E-state index in [9.17, 15) is 9.59 Å². The zero-order chi connectivity index (χ0) is 24.8. The van der Waals surface area contributed by atoms with Gasteiger partial charge in [-0.15, -0.1) is 22.7 Å². The summed E-state index contributed by atoms with van der Waals surface area (Å²) >= 11 is 3.16. The average molecular weight is 514 g/mol. The maximum atomic E-state index is 13.5. The topological polar surface area (TPSA) is 80.1 Å². The van der Waals surface area contributed by atoms with E-state index < -0.39 is 0 Å². The molecule has 3 aromatic heterocycles. The Balaban J connectivity index is 1.40. The molecule has 9 heteroatoms. The molecule has 0 fully saturated rings. The number of carbonyl (C=O) groups excluding carboxylic acids is 2. The number of aromatic nitrogens is 3. The number of thiazole rings is 1. The highest BCUT2D eigenvalue weighted by molar-refractivity contribution is 7.23. The number of rotatable bonds is 4. The second-order valence-electron chi connectivity index (χ2n) is 8.73. The molecule has 36 heavy (non-hydrogen) atoms. The Morgan fingerprint density at radius 1 is 1.03 bits per heavy atom. The first-order valence-corrected chi connectivity index (χ1v) is 13.3. The van der Waals surface area contributed by atoms with E-state index in [1.165, 1.54) is 16.9 Å². The molecule has 4 heterocycles. The van der Waals surface area contributed by atoms with Crippen molar-refractivity contribution >= 4 is 49.7 Å². The van der Waals surface area contributed by atoms with Crippen molar-refractivity contribution in [3.8, 4) is 16.3 Å². The van der Waals surface area contributed by atoms with Crippen molar-refractivity contribution in [3.05, 3.63) is 82.5 Å². The van der Waals surface area contributed by atoms with Gasteiger partial charge in [-0.25, -0.2) is 9.67 Å². The van der Waals surface area contributed by atoms with Gasteiger partial charge in [0, 0.05) is 23.9 Å². The lowest BCUT2D eigenvalue weighted by molar-refractivity contribution is -0.129. The Kier molecular flexibility index (Phi) is 5.66. The van der Waals surface area contributed by atoms with Gasteiger partial charge in [0.15, 0.2) is 0 Å². The number of benzene rings is 2. The van der Waals surface area contributed by atoms with Crippen LogP contribution in [0.4, 0.5) is 5.00 Å². The molecule has 1 aliphatic rings. The highest BCUT2D eigenvalue weighted by atomic mass is 32.1. The zero-order valence-corrected chi connectivity index (χ0v) is 21.4. The normalized spacial score (nSPS) is 13.1. The monoisotopic (exact) mass is 513 g/mol. The van der Waals surface area contributed by atoms with Crippen LogP contribution in [0.3, 0.4) is 0 Å². The third-order valence-corrected chi connectivity index (χ3v) is 8.68. The van der Waals surface area contributed by atoms with E-state index in [-0.39, 0.29) is 11.8 Å². The van der Waals surface area contributed by atoms with Gasteiger partial charge in [-0.1, -0.05) is 30.3 Å². The lowest BCUT2D eigenvalue weighted by Gasteiger charge is -2.26. The Morgan fingerprint density at radius 3 is 2.58 bits per heavy atom. The second-order valence-corrected chi connectivity index (χ2v) is 10.9. The molecule has 5 aromatic rings. The molecular weight excluding hydrogens is 490 g/mol. The largest absolute Gasteiger partial charge is 0.337 e. The van der Waals surface area contributed by atoms with Crippen LogP contribution in [0, 0.1) is 6.92 Å². The number of thiophene rings is 1. The van der Waals surface area contributed by atoms with Crippen LogP contribution in [0.2, 0.25) is 0 Å². The molecule has 0 aliphatic carbocycles. The van der Waals surface area contributed by atoms with E-state index in [1.807, 2.05) is 60.4 Å². The van der Waals surface area contributed by atoms with Gasteiger partial charge in [-0.3, -0.25) is 9.59 Å². The molecule has 0 atom stereocenters. The van der Waals surface area contributed by atoms with Crippen molar-refractivity contribution in [1.82, 2.24) is 19.7 Å². The standard InChI is InChI=1S/C27H23N5O2S2/c1-16-20(14-28-32(16)18-8-4-3-5-9-18)25(34)30-27-24(26-29-21-10-6-7-11-22(21)35-26)19-12-13-31(17(2)33)15-23(19)36-27/h3-11,14H,12-13,15H2,1-2H3,(H,30,34). The fourth-order valence-electron chi connectivity index (χ4n) is 4.60. The molecule has 0 spiro atoms. The first-order chi connectivity index (χ1) is 17.5. The third-order valence-electron chi connectivity index (χ3n) is 6.49. The van der Waals surface area contributed by atoms with E-state index in [4.69, 9.17) is 4.98 Å². The Morgan fingerprint density at radius 2 is 1.81 bits per heavy atom. The van der Waals surface area contributed by atoms with Crippen LogP contribution >= 0.6 is 22.7 Å². The predicted octanol–water partition coefficient (Wildman–Crippen LogP) is 5.68. The number of anilines is 1. The van der Waals surface area contributed by atoms with Crippen LogP contribution in [-0.4, -0.2) is 38.0 Å². The van der Waals surface area contributed by atoms with Crippen LogP contribution in [0.1, 0.15) is 33.4 Å². The van der Waals surface area contributed by atoms with Gasteiger partial charge in [0.25, 0.3) is 5.91 Å². The summed E-state index contributed by atoms with van der Waals surface area (Å²) in [5.41, 5.74) is 5.27. The molecule has 1 N–H and O–H groups in total. The molecule has 2 aromatic carbocycles. The molecule has 0 saturated heterocycles. The summed E-state index contributed by atoms with van der Waals surface area (Å²) in [5.74, 6) is -0.149. The Labute approximate surface area is 216 Å². The van der Waals surface area contributed by atoms with E-state index in [0.29, 0.717) is 18.7 Å². The van der Waals surface area contributed by atoms with Gasteiger partial charge in [-0.2, -0.15) is 5.10 Å². The molecule has 0 unspecified atom stereocenters. The zero-order valence-electron chi connectivity index (χ0n) is 19.8. The molecule has 0 saturated carbocycles. The van der Waals surface area contributed by atoms with Crippen LogP contribution in [-0.2, 0) is 17.8 Å². The molecule has 2 amide bonds. The van der Waals surface area contributed by atoms with Crippen LogP contribution in [0.15, 0.2) is 60.8 Å². The fraction of sp³-hybridized carbons (Fsp3) is 0.185. The van der Waals surface area contributed by atoms with Crippen LogP contribution in [0.5, 0.6) is 0 Å². The number of hydrogen-bond acceptors (Lipinski definition) is 6. The highest BCUT2D eigenvalue weighted by Gasteiger charge is 2.29. The summed E-state index contributed by atoms with van der Waals surface area (Å²) in [6.07, 6.45) is 2.34. The van der Waals surface area contributed by atoms with Crippen molar-refractivity contribution in [1.29, 1.82) is 0 Å². The first-order valence-electron chi connectivity index (χ1n) is 11.7. The van der Waals surface area contributed by atoms with Gasteiger partial charge < -0.3 is 10.2 Å². The second kappa shape index (κ2) is 9.00. The summed E-state index contributed by atoms with van der Waals surface area (Å²) in [7, 11) is 0. The number of nitrogens with zero attached hydrogens (tertiary/aromatic N) is 4. The SMILES string of the molecule is CC(=O)N1CCc2c(sc(NC(=O)c3cnn(-c4ccccc4)c3C)c2-c2nc3ccccc3s2)C1. The number of amides is 2. The van der Waals surface area contributed by atoms with Gasteiger partial charge in [0.2, 0.25) is 5.91 Å². The summed E-state index contributed by atoms with van der Waals surface area (Å²) < 4.78 is 2.87. The smallest absolute Gasteiger partial charge is 0.259 e. The molecule has 6 rings (SSSR count). The summed E-state index contributed by atoms with van der Waals surface area (Å²) in [6.45, 7) is 4.71. The van der Waals surface area contributed by atoms with E-state index in [0.717, 1.165) is 48.5 Å². The molecule has 0 radical (unpaired) electrons. The number of carbonyl (C=O) groups is 2. The summed E-state index contributed by atoms with van der Waals surface area (Å²) in [5, 5.41) is 9.27. The van der Waals surface area contributed by atoms with E-state index in [2.05, 4.69) is 16.5 Å². The fourth-order valence-corrected chi connectivity index (χ4v) is 6.97. The predicted molar refractivity (Wildman–Crippen MR) is 144 cm³/mol. The van der Waals surface area contributed by atoms with Crippen molar-refractivity contribution in [3.63, 3.8) is 0 Å². The average Bonchev–Trinajstić information content (AvgIpc) is 3.58. The minimum Gasteiger partial charge on any atom is -0.337 e. The van der Waals surface area contributed by atoms with Crippen molar-refractivity contribution in [2.24, 2.45) is 0 Å². The van der Waals surface area contributed by atoms with Crippen molar-refractivity contribution in [2.75, 3.05) is 11.9 Å². The summed E-state index contributed by atoms with van der Waals surface area (Å²) in [6, 6.07) is 17.8. The molecule has 7 nitrogen and oxygen atoms in total. The maximum Gasteiger partial charge on any atom is 0.259 e.